The highest BCUT2D eigenvalue weighted by Gasteiger charge is 2.18. The minimum absolute atomic E-state index is 0.556. The van der Waals surface area contributed by atoms with Crippen molar-refractivity contribution in [1.82, 2.24) is 4.98 Å². The summed E-state index contributed by atoms with van der Waals surface area (Å²) in [6.07, 6.45) is 1.25. The van der Waals surface area contributed by atoms with E-state index >= 15 is 0 Å². The highest BCUT2D eigenvalue weighted by Crippen LogP contribution is 2.28. The second-order valence-electron chi connectivity index (χ2n) is 2.78. The molecule has 1 aromatic heterocycles. The Labute approximate surface area is 84.7 Å². The van der Waals surface area contributed by atoms with Crippen molar-refractivity contribution >= 4 is 33.3 Å². The van der Waals surface area contributed by atoms with E-state index in [9.17, 15) is 0 Å². The van der Waals surface area contributed by atoms with E-state index in [4.69, 9.17) is 11.6 Å². The number of anilines is 1. The van der Waals surface area contributed by atoms with Crippen LogP contribution >= 0.6 is 27.5 Å². The van der Waals surface area contributed by atoms with E-state index in [2.05, 4.69) is 25.8 Å². The van der Waals surface area contributed by atoms with E-state index in [1.165, 1.54) is 6.42 Å². The molecule has 2 heterocycles. The van der Waals surface area contributed by atoms with Gasteiger partial charge in [0.1, 0.15) is 11.0 Å². The summed E-state index contributed by atoms with van der Waals surface area (Å²) in [5.41, 5.74) is 0. The second kappa shape index (κ2) is 3.23. The number of nitrogens with zero attached hydrogens (tertiary/aromatic N) is 2. The Hall–Kier alpha value is -0.280. The molecule has 1 saturated heterocycles. The van der Waals surface area contributed by atoms with Crippen LogP contribution < -0.4 is 4.90 Å². The molecule has 0 aromatic carbocycles. The van der Waals surface area contributed by atoms with Gasteiger partial charge in [-0.1, -0.05) is 11.6 Å². The Bertz CT molecular complexity index is 299. The Morgan fingerprint density at radius 1 is 1.42 bits per heavy atom. The van der Waals surface area contributed by atoms with Gasteiger partial charge in [-0.15, -0.1) is 0 Å². The standard InChI is InChI=1S/C8H8BrClN2/c9-6-2-3-7(10)11-8(6)12-4-1-5-12/h2-3H,1,4-5H2. The average molecular weight is 248 g/mol. The van der Waals surface area contributed by atoms with Gasteiger partial charge in [0.2, 0.25) is 0 Å². The summed E-state index contributed by atoms with van der Waals surface area (Å²) in [6.45, 7) is 2.18. The summed E-state index contributed by atoms with van der Waals surface area (Å²) in [5.74, 6) is 0.966. The van der Waals surface area contributed by atoms with Crippen molar-refractivity contribution in [3.8, 4) is 0 Å². The van der Waals surface area contributed by atoms with Crippen molar-refractivity contribution < 1.29 is 0 Å². The topological polar surface area (TPSA) is 16.1 Å². The van der Waals surface area contributed by atoms with Gasteiger partial charge in [0, 0.05) is 13.1 Å². The van der Waals surface area contributed by atoms with Crippen LogP contribution in [0.3, 0.4) is 0 Å². The van der Waals surface area contributed by atoms with Crippen molar-refractivity contribution in [2.75, 3.05) is 18.0 Å². The summed E-state index contributed by atoms with van der Waals surface area (Å²) >= 11 is 9.23. The molecule has 1 aromatic rings. The lowest BCUT2D eigenvalue weighted by atomic mass is 10.2. The molecule has 1 aliphatic rings. The molecular weight excluding hydrogens is 239 g/mol. The van der Waals surface area contributed by atoms with Gasteiger partial charge in [-0.2, -0.15) is 0 Å². The van der Waals surface area contributed by atoms with Crippen LogP contribution in [0.1, 0.15) is 6.42 Å². The molecule has 0 unspecified atom stereocenters. The lowest BCUT2D eigenvalue weighted by Crippen LogP contribution is -2.37. The quantitative estimate of drug-likeness (QED) is 0.710. The first-order chi connectivity index (χ1) is 5.77. The third kappa shape index (κ3) is 1.43. The minimum atomic E-state index is 0.556. The normalized spacial score (nSPS) is 16.0. The zero-order chi connectivity index (χ0) is 8.55. The number of hydrogen-bond acceptors (Lipinski definition) is 2. The lowest BCUT2D eigenvalue weighted by molar-refractivity contribution is 0.608. The van der Waals surface area contributed by atoms with Gasteiger partial charge in [0.25, 0.3) is 0 Å². The molecule has 2 rings (SSSR count). The first-order valence-corrected chi connectivity index (χ1v) is 5.01. The smallest absolute Gasteiger partial charge is 0.144 e. The third-order valence-electron chi connectivity index (χ3n) is 1.95. The van der Waals surface area contributed by atoms with E-state index < -0.39 is 0 Å². The van der Waals surface area contributed by atoms with Gasteiger partial charge < -0.3 is 4.90 Å². The Morgan fingerprint density at radius 2 is 2.17 bits per heavy atom. The molecule has 0 bridgehead atoms. The highest BCUT2D eigenvalue weighted by atomic mass is 79.9. The zero-order valence-electron chi connectivity index (χ0n) is 6.43. The van der Waals surface area contributed by atoms with Crippen molar-refractivity contribution in [3.63, 3.8) is 0 Å². The van der Waals surface area contributed by atoms with E-state index in [0.717, 1.165) is 23.4 Å². The first kappa shape index (κ1) is 8.32. The number of aromatic nitrogens is 1. The summed E-state index contributed by atoms with van der Waals surface area (Å²) in [5, 5.41) is 0.556. The summed E-state index contributed by atoms with van der Waals surface area (Å²) in [7, 11) is 0. The molecule has 64 valence electrons. The van der Waals surface area contributed by atoms with E-state index in [1.54, 1.807) is 6.07 Å². The maximum Gasteiger partial charge on any atom is 0.144 e. The van der Waals surface area contributed by atoms with Gasteiger partial charge in [-0.3, -0.25) is 0 Å². The Balaban J connectivity index is 2.34. The summed E-state index contributed by atoms with van der Waals surface area (Å²) < 4.78 is 1.02. The van der Waals surface area contributed by atoms with Crippen LogP contribution in [0.25, 0.3) is 0 Å². The lowest BCUT2D eigenvalue weighted by Gasteiger charge is -2.32. The molecule has 0 spiro atoms. The molecule has 1 fully saturated rings. The van der Waals surface area contributed by atoms with E-state index in [1.807, 2.05) is 6.07 Å². The summed E-state index contributed by atoms with van der Waals surface area (Å²) in [6, 6.07) is 3.72. The second-order valence-corrected chi connectivity index (χ2v) is 4.02. The maximum absolute atomic E-state index is 5.78. The maximum atomic E-state index is 5.78. The van der Waals surface area contributed by atoms with Gasteiger partial charge in [-0.25, -0.2) is 4.98 Å². The molecular formula is C8H8BrClN2. The number of halogens is 2. The van der Waals surface area contributed by atoms with Gasteiger partial charge in [0.15, 0.2) is 0 Å². The molecule has 4 heteroatoms. The van der Waals surface area contributed by atoms with Crippen LogP contribution in [-0.4, -0.2) is 18.1 Å². The predicted molar refractivity (Wildman–Crippen MR) is 53.8 cm³/mol. The molecule has 0 radical (unpaired) electrons. The molecule has 0 aliphatic carbocycles. The first-order valence-electron chi connectivity index (χ1n) is 3.84. The fraction of sp³-hybridized carbons (Fsp3) is 0.375. The number of pyridine rings is 1. The highest BCUT2D eigenvalue weighted by molar-refractivity contribution is 9.10. The average Bonchev–Trinajstić information content (AvgIpc) is 1.93. The van der Waals surface area contributed by atoms with Crippen LogP contribution in [0.2, 0.25) is 5.15 Å². The molecule has 0 N–H and O–H groups in total. The third-order valence-corrected chi connectivity index (χ3v) is 2.78. The Kier molecular flexibility index (Phi) is 2.24. The van der Waals surface area contributed by atoms with Crippen LogP contribution in [0.4, 0.5) is 5.82 Å². The minimum Gasteiger partial charge on any atom is -0.355 e. The number of rotatable bonds is 1. The van der Waals surface area contributed by atoms with Crippen molar-refractivity contribution in [2.24, 2.45) is 0 Å². The van der Waals surface area contributed by atoms with Crippen molar-refractivity contribution in [1.29, 1.82) is 0 Å². The van der Waals surface area contributed by atoms with Crippen LogP contribution in [0.15, 0.2) is 16.6 Å². The SMILES string of the molecule is Clc1ccc(Br)c(N2CCC2)n1. The van der Waals surface area contributed by atoms with Crippen LogP contribution in [0.5, 0.6) is 0 Å². The van der Waals surface area contributed by atoms with Crippen LogP contribution in [0, 0.1) is 0 Å². The predicted octanol–water partition coefficient (Wildman–Crippen LogP) is 2.71. The van der Waals surface area contributed by atoms with Gasteiger partial charge in [-0.05, 0) is 34.5 Å². The fourth-order valence-electron chi connectivity index (χ4n) is 1.16. The van der Waals surface area contributed by atoms with Crippen molar-refractivity contribution in [3.05, 3.63) is 21.8 Å². The van der Waals surface area contributed by atoms with E-state index in [-0.39, 0.29) is 0 Å². The van der Waals surface area contributed by atoms with Crippen LogP contribution in [-0.2, 0) is 0 Å². The van der Waals surface area contributed by atoms with Crippen molar-refractivity contribution in [2.45, 2.75) is 6.42 Å². The molecule has 12 heavy (non-hydrogen) atoms. The fourth-order valence-corrected chi connectivity index (χ4v) is 1.77. The Morgan fingerprint density at radius 3 is 2.75 bits per heavy atom. The van der Waals surface area contributed by atoms with Gasteiger partial charge in [0.05, 0.1) is 4.47 Å². The summed E-state index contributed by atoms with van der Waals surface area (Å²) in [4.78, 5) is 6.44. The van der Waals surface area contributed by atoms with E-state index in [0.29, 0.717) is 5.15 Å². The molecule has 2 nitrogen and oxygen atoms in total. The molecule has 0 atom stereocenters. The molecule has 0 amide bonds. The molecule has 1 aliphatic heterocycles. The molecule has 0 saturated carbocycles. The monoisotopic (exact) mass is 246 g/mol. The zero-order valence-corrected chi connectivity index (χ0v) is 8.77. The number of hydrogen-bond donors (Lipinski definition) is 0. The van der Waals surface area contributed by atoms with Gasteiger partial charge >= 0.3 is 0 Å². The largest absolute Gasteiger partial charge is 0.355 e.